The van der Waals surface area contributed by atoms with E-state index in [4.69, 9.17) is 4.74 Å². The van der Waals surface area contributed by atoms with Crippen LogP contribution in [0.5, 0.6) is 5.75 Å². The first-order valence-electron chi connectivity index (χ1n) is 6.64. The Bertz CT molecular complexity index is 724. The molecule has 0 radical (unpaired) electrons. The highest BCUT2D eigenvalue weighted by molar-refractivity contribution is 6.06. The summed E-state index contributed by atoms with van der Waals surface area (Å²) in [4.78, 5) is 22.7. The van der Waals surface area contributed by atoms with Crippen molar-refractivity contribution < 1.29 is 14.5 Å². The Morgan fingerprint density at radius 3 is 2.82 bits per heavy atom. The summed E-state index contributed by atoms with van der Waals surface area (Å²) in [5.41, 5.74) is 0.805. The van der Waals surface area contributed by atoms with Crippen molar-refractivity contribution in [1.82, 2.24) is 9.78 Å². The first-order valence-corrected chi connectivity index (χ1v) is 6.64. The van der Waals surface area contributed by atoms with Gasteiger partial charge in [0.1, 0.15) is 11.9 Å². The van der Waals surface area contributed by atoms with Gasteiger partial charge in [-0.15, -0.1) is 0 Å². The first kappa shape index (κ1) is 15.5. The van der Waals surface area contributed by atoms with Gasteiger partial charge >= 0.3 is 5.69 Å². The van der Waals surface area contributed by atoms with E-state index in [9.17, 15) is 14.9 Å². The number of nitrogens with zero attached hydrogens (tertiary/aromatic N) is 3. The number of amides is 1. The van der Waals surface area contributed by atoms with Gasteiger partial charge in [0, 0.05) is 6.54 Å². The summed E-state index contributed by atoms with van der Waals surface area (Å²) in [5.74, 6) is -0.181. The normalized spacial score (nSPS) is 10.3. The van der Waals surface area contributed by atoms with Crippen molar-refractivity contribution in [1.29, 1.82) is 0 Å². The predicted molar refractivity (Wildman–Crippen MR) is 80.2 cm³/mol. The summed E-state index contributed by atoms with van der Waals surface area (Å²) in [5, 5.41) is 17.6. The summed E-state index contributed by atoms with van der Waals surface area (Å²) in [6.45, 7) is 4.08. The Hall–Kier alpha value is -2.90. The van der Waals surface area contributed by atoms with Crippen LogP contribution in [-0.2, 0) is 6.54 Å². The van der Waals surface area contributed by atoms with Crippen molar-refractivity contribution in [2.24, 2.45) is 0 Å². The van der Waals surface area contributed by atoms with E-state index in [2.05, 4.69) is 10.4 Å². The number of nitro groups is 1. The molecule has 0 saturated heterocycles. The molecule has 0 aliphatic heterocycles. The quantitative estimate of drug-likeness (QED) is 0.675. The van der Waals surface area contributed by atoms with Crippen LogP contribution in [0, 0.1) is 17.0 Å². The zero-order valence-electron chi connectivity index (χ0n) is 12.5. The average molecular weight is 304 g/mol. The number of nitrogens with one attached hydrogen (secondary N) is 1. The molecule has 0 spiro atoms. The van der Waals surface area contributed by atoms with Gasteiger partial charge in [0.25, 0.3) is 5.91 Å². The maximum absolute atomic E-state index is 12.3. The minimum absolute atomic E-state index is 0.226. The molecule has 1 aromatic heterocycles. The van der Waals surface area contributed by atoms with E-state index >= 15 is 0 Å². The van der Waals surface area contributed by atoms with Crippen molar-refractivity contribution in [2.45, 2.75) is 20.4 Å². The number of carbonyl (C=O) groups is 1. The van der Waals surface area contributed by atoms with Gasteiger partial charge < -0.3 is 10.1 Å². The van der Waals surface area contributed by atoms with Crippen LogP contribution in [0.1, 0.15) is 23.0 Å². The molecule has 0 fully saturated rings. The molecule has 1 N–H and O–H groups in total. The topological polar surface area (TPSA) is 99.3 Å². The van der Waals surface area contributed by atoms with Crippen LogP contribution >= 0.6 is 0 Å². The predicted octanol–water partition coefficient (Wildman–Crippen LogP) is 2.38. The number of hydrogen-bond acceptors (Lipinski definition) is 5. The highest BCUT2D eigenvalue weighted by Crippen LogP contribution is 2.26. The SMILES string of the molecule is CCn1cc([N+](=O)[O-])c(C(=O)Nc2cc(C)ccc2OC)n1. The molecule has 22 heavy (non-hydrogen) atoms. The third kappa shape index (κ3) is 3.05. The van der Waals surface area contributed by atoms with Crippen LogP contribution in [0.25, 0.3) is 0 Å². The molecular formula is C14H16N4O4. The van der Waals surface area contributed by atoms with Gasteiger partial charge in [0.2, 0.25) is 5.69 Å². The minimum atomic E-state index is -0.650. The Kier molecular flexibility index (Phi) is 4.40. The monoisotopic (exact) mass is 304 g/mol. The largest absolute Gasteiger partial charge is 0.495 e. The van der Waals surface area contributed by atoms with E-state index < -0.39 is 10.8 Å². The fourth-order valence-corrected chi connectivity index (χ4v) is 1.97. The Labute approximate surface area is 126 Å². The molecule has 1 heterocycles. The lowest BCUT2D eigenvalue weighted by molar-refractivity contribution is -0.385. The molecule has 8 heteroatoms. The molecule has 0 aliphatic carbocycles. The molecule has 0 aliphatic rings. The molecular weight excluding hydrogens is 288 g/mol. The second kappa shape index (κ2) is 6.25. The van der Waals surface area contributed by atoms with Gasteiger partial charge in [-0.25, -0.2) is 0 Å². The molecule has 0 unspecified atom stereocenters. The third-order valence-electron chi connectivity index (χ3n) is 3.08. The van der Waals surface area contributed by atoms with E-state index in [-0.39, 0.29) is 11.4 Å². The molecule has 8 nitrogen and oxygen atoms in total. The van der Waals surface area contributed by atoms with Crippen LogP contribution in [0.2, 0.25) is 0 Å². The van der Waals surface area contributed by atoms with Crippen molar-refractivity contribution in [3.63, 3.8) is 0 Å². The summed E-state index contributed by atoms with van der Waals surface area (Å²) < 4.78 is 6.51. The van der Waals surface area contributed by atoms with Crippen molar-refractivity contribution in [2.75, 3.05) is 12.4 Å². The highest BCUT2D eigenvalue weighted by atomic mass is 16.6. The minimum Gasteiger partial charge on any atom is -0.495 e. The van der Waals surface area contributed by atoms with Gasteiger partial charge in [-0.3, -0.25) is 19.6 Å². The highest BCUT2D eigenvalue weighted by Gasteiger charge is 2.26. The summed E-state index contributed by atoms with van der Waals surface area (Å²) in [6, 6.07) is 5.27. The number of carbonyl (C=O) groups excluding carboxylic acids is 1. The fraction of sp³-hybridized carbons (Fsp3) is 0.286. The molecule has 0 atom stereocenters. The Morgan fingerprint density at radius 1 is 1.50 bits per heavy atom. The average Bonchev–Trinajstić information content (AvgIpc) is 2.92. The zero-order valence-corrected chi connectivity index (χ0v) is 12.5. The maximum atomic E-state index is 12.3. The van der Waals surface area contributed by atoms with Crippen molar-refractivity contribution >= 4 is 17.3 Å². The molecule has 1 aromatic carbocycles. The zero-order chi connectivity index (χ0) is 16.3. The number of aryl methyl sites for hydroxylation is 2. The second-order valence-corrected chi connectivity index (χ2v) is 4.63. The van der Waals surface area contributed by atoms with Crippen LogP contribution < -0.4 is 10.1 Å². The number of aromatic nitrogens is 2. The van der Waals surface area contributed by atoms with E-state index in [1.165, 1.54) is 18.0 Å². The van der Waals surface area contributed by atoms with E-state index in [1.54, 1.807) is 19.1 Å². The van der Waals surface area contributed by atoms with E-state index in [0.717, 1.165) is 5.56 Å². The van der Waals surface area contributed by atoms with Gasteiger partial charge in [0.05, 0.1) is 17.7 Å². The van der Waals surface area contributed by atoms with Crippen molar-refractivity contribution in [3.8, 4) is 5.75 Å². The third-order valence-corrected chi connectivity index (χ3v) is 3.08. The lowest BCUT2D eigenvalue weighted by atomic mass is 10.2. The first-order chi connectivity index (χ1) is 10.5. The molecule has 2 aromatic rings. The van der Waals surface area contributed by atoms with E-state index in [0.29, 0.717) is 18.0 Å². The van der Waals surface area contributed by atoms with Gasteiger partial charge in [-0.1, -0.05) is 6.07 Å². The Balaban J connectivity index is 2.35. The smallest absolute Gasteiger partial charge is 0.320 e. The lowest BCUT2D eigenvalue weighted by Gasteiger charge is -2.09. The van der Waals surface area contributed by atoms with Crippen LogP contribution in [0.3, 0.4) is 0 Å². The fourth-order valence-electron chi connectivity index (χ4n) is 1.97. The van der Waals surface area contributed by atoms with Crippen LogP contribution in [0.4, 0.5) is 11.4 Å². The molecule has 116 valence electrons. The number of anilines is 1. The van der Waals surface area contributed by atoms with Gasteiger partial charge in [0.15, 0.2) is 0 Å². The standard InChI is InChI=1S/C14H16N4O4/c1-4-17-8-11(18(20)21)13(16-17)14(19)15-10-7-9(2)5-6-12(10)22-3/h5-8H,4H2,1-3H3,(H,15,19). The molecule has 0 bridgehead atoms. The Morgan fingerprint density at radius 2 is 2.23 bits per heavy atom. The molecule has 0 saturated carbocycles. The van der Waals surface area contributed by atoms with Gasteiger partial charge in [-0.05, 0) is 31.5 Å². The number of rotatable bonds is 5. The number of ether oxygens (including phenoxy) is 1. The second-order valence-electron chi connectivity index (χ2n) is 4.63. The lowest BCUT2D eigenvalue weighted by Crippen LogP contribution is -2.15. The maximum Gasteiger partial charge on any atom is 0.320 e. The summed E-state index contributed by atoms with van der Waals surface area (Å²) >= 11 is 0. The van der Waals surface area contributed by atoms with E-state index in [1.807, 2.05) is 13.0 Å². The number of hydrogen-bond donors (Lipinski definition) is 1. The summed E-state index contributed by atoms with van der Waals surface area (Å²) in [7, 11) is 1.48. The molecule has 2 rings (SSSR count). The number of methoxy groups -OCH3 is 1. The number of benzene rings is 1. The van der Waals surface area contributed by atoms with Crippen LogP contribution in [-0.4, -0.2) is 27.7 Å². The van der Waals surface area contributed by atoms with Crippen LogP contribution in [0.15, 0.2) is 24.4 Å². The molecule has 1 amide bonds. The summed E-state index contributed by atoms with van der Waals surface area (Å²) in [6.07, 6.45) is 1.24. The van der Waals surface area contributed by atoms with Crippen molar-refractivity contribution in [3.05, 3.63) is 45.8 Å². The van der Waals surface area contributed by atoms with Gasteiger partial charge in [-0.2, -0.15) is 5.10 Å².